The first kappa shape index (κ1) is 13.8. The van der Waals surface area contributed by atoms with Crippen LogP contribution in [0.1, 0.15) is 17.3 Å². The van der Waals surface area contributed by atoms with Crippen LogP contribution in [0.2, 0.25) is 0 Å². The monoisotopic (exact) mass is 277 g/mol. The van der Waals surface area contributed by atoms with Crippen molar-refractivity contribution in [2.45, 2.75) is 6.92 Å². The Morgan fingerprint density at radius 1 is 1.45 bits per heavy atom. The molecule has 8 nitrogen and oxygen atoms in total. The molecule has 0 aromatic carbocycles. The van der Waals surface area contributed by atoms with Crippen LogP contribution in [0.5, 0.6) is 0 Å². The van der Waals surface area contributed by atoms with E-state index in [4.69, 9.17) is 5.73 Å². The minimum Gasteiger partial charge on any atom is -0.478 e. The molecule has 0 aliphatic heterocycles. The number of rotatable bonds is 5. The molecule has 0 saturated carbocycles. The molecule has 2 heterocycles. The number of nitrogens with zero attached hydrogens (tertiary/aromatic N) is 4. The molecule has 0 atom stereocenters. The van der Waals surface area contributed by atoms with E-state index in [0.29, 0.717) is 23.3 Å². The number of nitrogens with two attached hydrogens (primary N) is 1. The average Bonchev–Trinajstić information content (AvgIpc) is 2.76. The van der Waals surface area contributed by atoms with Crippen molar-refractivity contribution in [1.82, 2.24) is 14.8 Å². The van der Waals surface area contributed by atoms with Gasteiger partial charge < -0.3 is 15.7 Å². The van der Waals surface area contributed by atoms with Gasteiger partial charge in [0.15, 0.2) is 5.65 Å². The number of carboxylic acids is 1. The van der Waals surface area contributed by atoms with Crippen molar-refractivity contribution in [2.24, 2.45) is 12.8 Å². The molecule has 20 heavy (non-hydrogen) atoms. The van der Waals surface area contributed by atoms with Crippen molar-refractivity contribution in [1.29, 1.82) is 0 Å². The molecule has 0 bridgehead atoms. The second kappa shape index (κ2) is 5.16. The third kappa shape index (κ3) is 2.27. The Bertz CT molecular complexity index is 679. The second-order valence-electron chi connectivity index (χ2n) is 4.31. The van der Waals surface area contributed by atoms with Crippen LogP contribution < -0.4 is 10.6 Å². The highest BCUT2D eigenvalue weighted by atomic mass is 16.4. The van der Waals surface area contributed by atoms with E-state index in [1.54, 1.807) is 16.6 Å². The molecular weight excluding hydrogens is 262 g/mol. The molecule has 0 spiro atoms. The summed E-state index contributed by atoms with van der Waals surface area (Å²) in [5.74, 6) is -1.64. The number of aromatic carboxylic acids is 1. The van der Waals surface area contributed by atoms with Crippen molar-refractivity contribution in [3.05, 3.63) is 18.0 Å². The lowest BCUT2D eigenvalue weighted by atomic mass is 10.1. The van der Waals surface area contributed by atoms with E-state index >= 15 is 0 Å². The van der Waals surface area contributed by atoms with Crippen LogP contribution in [0.4, 0.5) is 5.69 Å². The molecule has 0 aliphatic rings. The molecule has 2 aromatic heterocycles. The van der Waals surface area contributed by atoms with Crippen molar-refractivity contribution in [3.8, 4) is 0 Å². The number of amides is 1. The Morgan fingerprint density at radius 2 is 2.15 bits per heavy atom. The number of aromatic nitrogens is 3. The number of fused-ring (bicyclic) bond motifs is 1. The zero-order valence-corrected chi connectivity index (χ0v) is 11.2. The number of carboxylic acid groups (broad SMARTS) is 1. The maximum Gasteiger partial charge on any atom is 0.339 e. The SMILES string of the molecule is CCN(CC(N)=O)c1c(C(=O)O)cnc2c1cnn2C. The highest BCUT2D eigenvalue weighted by Gasteiger charge is 2.22. The van der Waals surface area contributed by atoms with Crippen LogP contribution in [0.3, 0.4) is 0 Å². The molecule has 3 N–H and O–H groups in total. The molecule has 8 heteroatoms. The standard InChI is InChI=1S/C12H15N5O3/c1-3-17(6-9(13)18)10-7-5-15-16(2)11(7)14-4-8(10)12(19)20/h4-5H,3,6H2,1-2H3,(H2,13,18)(H,19,20). The fourth-order valence-corrected chi connectivity index (χ4v) is 2.12. The molecule has 1 amide bonds. The van der Waals surface area contributed by atoms with Crippen molar-refractivity contribution >= 4 is 28.6 Å². The zero-order valence-electron chi connectivity index (χ0n) is 11.2. The summed E-state index contributed by atoms with van der Waals surface area (Å²) in [5, 5.41) is 14.0. The van der Waals surface area contributed by atoms with E-state index in [1.807, 2.05) is 6.92 Å². The Labute approximate surface area is 114 Å². The lowest BCUT2D eigenvalue weighted by molar-refractivity contribution is -0.116. The predicted octanol–water partition coefficient (Wildman–Crippen LogP) is -0.0219. The number of hydrogen-bond donors (Lipinski definition) is 2. The van der Waals surface area contributed by atoms with Crippen LogP contribution in [0, 0.1) is 0 Å². The summed E-state index contributed by atoms with van der Waals surface area (Å²) in [6.07, 6.45) is 2.80. The van der Waals surface area contributed by atoms with E-state index in [-0.39, 0.29) is 12.1 Å². The molecule has 0 aliphatic carbocycles. The minimum absolute atomic E-state index is 0.0219. The zero-order chi connectivity index (χ0) is 14.9. The smallest absolute Gasteiger partial charge is 0.339 e. The van der Waals surface area contributed by atoms with Gasteiger partial charge in [-0.05, 0) is 6.92 Å². The molecule has 0 radical (unpaired) electrons. The summed E-state index contributed by atoms with van der Waals surface area (Å²) in [7, 11) is 1.71. The number of anilines is 1. The number of primary amides is 1. The van der Waals surface area contributed by atoms with Crippen LogP contribution in [-0.2, 0) is 11.8 Å². The first-order valence-electron chi connectivity index (χ1n) is 6.03. The van der Waals surface area contributed by atoms with Gasteiger partial charge in [0.2, 0.25) is 5.91 Å². The van der Waals surface area contributed by atoms with Gasteiger partial charge in [-0.3, -0.25) is 9.48 Å². The highest BCUT2D eigenvalue weighted by molar-refractivity contribution is 6.04. The van der Waals surface area contributed by atoms with E-state index in [1.165, 1.54) is 12.4 Å². The first-order valence-corrected chi connectivity index (χ1v) is 6.03. The first-order chi connectivity index (χ1) is 9.45. The largest absolute Gasteiger partial charge is 0.478 e. The van der Waals surface area contributed by atoms with Gasteiger partial charge in [-0.1, -0.05) is 0 Å². The molecule has 0 unspecified atom stereocenters. The topological polar surface area (TPSA) is 114 Å². The summed E-state index contributed by atoms with van der Waals surface area (Å²) in [5.41, 5.74) is 6.20. The normalized spacial score (nSPS) is 10.7. The Hall–Kier alpha value is -2.64. The average molecular weight is 277 g/mol. The Morgan fingerprint density at radius 3 is 2.70 bits per heavy atom. The minimum atomic E-state index is -1.11. The van der Waals surface area contributed by atoms with E-state index in [9.17, 15) is 14.7 Å². The lowest BCUT2D eigenvalue weighted by Crippen LogP contribution is -2.34. The van der Waals surface area contributed by atoms with Crippen molar-refractivity contribution in [2.75, 3.05) is 18.0 Å². The van der Waals surface area contributed by atoms with Gasteiger partial charge in [0.05, 0.1) is 23.8 Å². The van der Waals surface area contributed by atoms with Gasteiger partial charge in [-0.2, -0.15) is 5.10 Å². The molecular formula is C12H15N5O3. The van der Waals surface area contributed by atoms with E-state index in [2.05, 4.69) is 10.1 Å². The summed E-state index contributed by atoms with van der Waals surface area (Å²) < 4.78 is 1.54. The summed E-state index contributed by atoms with van der Waals surface area (Å²) in [4.78, 5) is 28.2. The third-order valence-corrected chi connectivity index (χ3v) is 3.01. The van der Waals surface area contributed by atoms with E-state index in [0.717, 1.165) is 0 Å². The summed E-state index contributed by atoms with van der Waals surface area (Å²) >= 11 is 0. The van der Waals surface area contributed by atoms with Crippen LogP contribution in [0.15, 0.2) is 12.4 Å². The highest BCUT2D eigenvalue weighted by Crippen LogP contribution is 2.29. The predicted molar refractivity (Wildman–Crippen MR) is 72.5 cm³/mol. The number of likely N-dealkylation sites (N-methyl/N-ethyl adjacent to an activating group) is 1. The maximum atomic E-state index is 11.4. The van der Waals surface area contributed by atoms with Crippen LogP contribution in [-0.4, -0.2) is 44.8 Å². The molecule has 0 saturated heterocycles. The van der Waals surface area contributed by atoms with Crippen molar-refractivity contribution < 1.29 is 14.7 Å². The fourth-order valence-electron chi connectivity index (χ4n) is 2.12. The van der Waals surface area contributed by atoms with E-state index < -0.39 is 11.9 Å². The second-order valence-corrected chi connectivity index (χ2v) is 4.31. The number of hydrogen-bond acceptors (Lipinski definition) is 5. The van der Waals surface area contributed by atoms with Gasteiger partial charge in [0.1, 0.15) is 5.56 Å². The van der Waals surface area contributed by atoms with Crippen molar-refractivity contribution in [3.63, 3.8) is 0 Å². The third-order valence-electron chi connectivity index (χ3n) is 3.01. The van der Waals surface area contributed by atoms with Crippen LogP contribution in [0.25, 0.3) is 11.0 Å². The summed E-state index contributed by atoms with van der Waals surface area (Å²) in [6, 6.07) is 0. The number of carbonyl (C=O) groups excluding carboxylic acids is 1. The van der Waals surface area contributed by atoms with Gasteiger partial charge in [0, 0.05) is 19.8 Å². The van der Waals surface area contributed by atoms with Gasteiger partial charge >= 0.3 is 5.97 Å². The number of pyridine rings is 1. The van der Waals surface area contributed by atoms with Gasteiger partial charge in [-0.15, -0.1) is 0 Å². The lowest BCUT2D eigenvalue weighted by Gasteiger charge is -2.23. The summed E-state index contributed by atoms with van der Waals surface area (Å²) in [6.45, 7) is 2.19. The Kier molecular flexibility index (Phi) is 3.55. The maximum absolute atomic E-state index is 11.4. The molecule has 106 valence electrons. The van der Waals surface area contributed by atoms with Gasteiger partial charge in [-0.25, -0.2) is 9.78 Å². The number of aryl methyl sites for hydroxylation is 1. The molecule has 0 fully saturated rings. The van der Waals surface area contributed by atoms with Gasteiger partial charge in [0.25, 0.3) is 0 Å². The Balaban J connectivity index is 2.71. The quantitative estimate of drug-likeness (QED) is 0.793. The molecule has 2 aromatic rings. The molecule has 2 rings (SSSR count). The van der Waals surface area contributed by atoms with Crippen LogP contribution >= 0.6 is 0 Å². The number of carbonyl (C=O) groups is 2. The fraction of sp³-hybridized carbons (Fsp3) is 0.333.